The molecule has 0 aliphatic heterocycles. The molecule has 0 atom stereocenters. The van der Waals surface area contributed by atoms with Crippen LogP contribution in [0.5, 0.6) is 0 Å². The molecule has 0 aromatic heterocycles. The Morgan fingerprint density at radius 1 is 1.25 bits per heavy atom. The van der Waals surface area contributed by atoms with E-state index in [9.17, 15) is 0 Å². The lowest BCUT2D eigenvalue weighted by Crippen LogP contribution is -2.44. The molecule has 0 heterocycles. The second-order valence-corrected chi connectivity index (χ2v) is 6.45. The highest BCUT2D eigenvalue weighted by atomic mass is 15.2. The number of nitrogens with two attached hydrogens (primary N) is 1. The Kier molecular flexibility index (Phi) is 3.91. The van der Waals surface area contributed by atoms with E-state index in [4.69, 9.17) is 5.73 Å². The van der Waals surface area contributed by atoms with Gasteiger partial charge in [-0.2, -0.15) is 0 Å². The average molecular weight is 224 g/mol. The van der Waals surface area contributed by atoms with Crippen molar-refractivity contribution in [3.05, 3.63) is 0 Å². The molecule has 0 bridgehead atoms. The highest BCUT2D eigenvalue weighted by Gasteiger charge is 2.41. The largest absolute Gasteiger partial charge is 0.324 e. The average Bonchev–Trinajstić information content (AvgIpc) is 2.77. The van der Waals surface area contributed by atoms with Crippen LogP contribution in [0.25, 0.3) is 0 Å². The second kappa shape index (κ2) is 5.05. The van der Waals surface area contributed by atoms with Crippen LogP contribution in [0.1, 0.15) is 58.8 Å². The number of hydrogen-bond acceptors (Lipinski definition) is 2. The minimum Gasteiger partial charge on any atom is -0.324 e. The van der Waals surface area contributed by atoms with Gasteiger partial charge in [0.25, 0.3) is 0 Å². The first-order valence-corrected chi connectivity index (χ1v) is 7.12. The van der Waals surface area contributed by atoms with Gasteiger partial charge in [0, 0.05) is 18.1 Å². The molecule has 0 spiro atoms. The van der Waals surface area contributed by atoms with E-state index in [1.165, 1.54) is 51.5 Å². The normalized spacial score (nSPS) is 24.6. The van der Waals surface area contributed by atoms with Gasteiger partial charge in [0.1, 0.15) is 0 Å². The summed E-state index contributed by atoms with van der Waals surface area (Å²) in [6, 6.07) is 0.847. The summed E-state index contributed by atoms with van der Waals surface area (Å²) < 4.78 is 0. The second-order valence-electron chi connectivity index (χ2n) is 6.45. The van der Waals surface area contributed by atoms with E-state index >= 15 is 0 Å². The van der Waals surface area contributed by atoms with Crippen LogP contribution < -0.4 is 5.73 Å². The lowest BCUT2D eigenvalue weighted by atomic mass is 10.1. The molecule has 2 aliphatic rings. The van der Waals surface area contributed by atoms with Gasteiger partial charge >= 0.3 is 0 Å². The summed E-state index contributed by atoms with van der Waals surface area (Å²) in [7, 11) is 0. The fourth-order valence-corrected chi connectivity index (χ4v) is 2.81. The van der Waals surface area contributed by atoms with Crippen molar-refractivity contribution in [2.45, 2.75) is 70.4 Å². The van der Waals surface area contributed by atoms with E-state index < -0.39 is 0 Å². The van der Waals surface area contributed by atoms with E-state index in [2.05, 4.69) is 18.7 Å². The van der Waals surface area contributed by atoms with Crippen LogP contribution in [0.4, 0.5) is 0 Å². The summed E-state index contributed by atoms with van der Waals surface area (Å²) >= 11 is 0. The highest BCUT2D eigenvalue weighted by molar-refractivity contribution is 5.02. The molecular formula is C14H28N2. The molecule has 2 fully saturated rings. The van der Waals surface area contributed by atoms with Crippen molar-refractivity contribution in [2.24, 2.45) is 11.7 Å². The summed E-state index contributed by atoms with van der Waals surface area (Å²) in [5.74, 6) is 0.817. The van der Waals surface area contributed by atoms with Crippen LogP contribution in [0, 0.1) is 5.92 Å². The molecule has 2 aliphatic carbocycles. The van der Waals surface area contributed by atoms with E-state index in [0.29, 0.717) is 0 Å². The predicted molar refractivity (Wildman–Crippen MR) is 69.4 cm³/mol. The molecule has 2 saturated carbocycles. The summed E-state index contributed by atoms with van der Waals surface area (Å²) in [4.78, 5) is 2.71. The first-order chi connectivity index (χ1) is 7.59. The van der Waals surface area contributed by atoms with Crippen molar-refractivity contribution < 1.29 is 0 Å². The van der Waals surface area contributed by atoms with E-state index in [1.807, 2.05) is 0 Å². The van der Waals surface area contributed by atoms with E-state index in [1.54, 1.807) is 0 Å². The van der Waals surface area contributed by atoms with Gasteiger partial charge in [0.15, 0.2) is 0 Å². The van der Waals surface area contributed by atoms with Crippen LogP contribution in [0.3, 0.4) is 0 Å². The Labute approximate surface area is 101 Å². The molecule has 0 saturated heterocycles. The molecule has 0 unspecified atom stereocenters. The molecule has 0 radical (unpaired) electrons. The van der Waals surface area contributed by atoms with Gasteiger partial charge in [-0.25, -0.2) is 0 Å². The van der Waals surface area contributed by atoms with Crippen LogP contribution in [0.2, 0.25) is 0 Å². The maximum Gasteiger partial charge on any atom is 0.0284 e. The minimum atomic E-state index is 0.194. The molecule has 0 amide bonds. The number of rotatable bonds is 6. The molecule has 0 aromatic carbocycles. The fraction of sp³-hybridized carbons (Fsp3) is 1.00. The smallest absolute Gasteiger partial charge is 0.0284 e. The van der Waals surface area contributed by atoms with Crippen molar-refractivity contribution in [2.75, 3.05) is 13.1 Å². The third-order valence-electron chi connectivity index (χ3n) is 4.24. The third kappa shape index (κ3) is 3.46. The van der Waals surface area contributed by atoms with Crippen LogP contribution in [-0.2, 0) is 0 Å². The van der Waals surface area contributed by atoms with Crippen LogP contribution in [0.15, 0.2) is 0 Å². The summed E-state index contributed by atoms with van der Waals surface area (Å²) in [6.45, 7) is 7.07. The molecule has 2 N–H and O–H groups in total. The van der Waals surface area contributed by atoms with Crippen molar-refractivity contribution in [3.63, 3.8) is 0 Å². The van der Waals surface area contributed by atoms with Gasteiger partial charge in [0.2, 0.25) is 0 Å². The van der Waals surface area contributed by atoms with Crippen LogP contribution >= 0.6 is 0 Å². The van der Waals surface area contributed by atoms with Gasteiger partial charge < -0.3 is 5.73 Å². The minimum absolute atomic E-state index is 0.194. The van der Waals surface area contributed by atoms with Crippen molar-refractivity contribution in [1.29, 1.82) is 0 Å². The Morgan fingerprint density at radius 2 is 1.88 bits per heavy atom. The van der Waals surface area contributed by atoms with E-state index in [0.717, 1.165) is 18.5 Å². The summed E-state index contributed by atoms with van der Waals surface area (Å²) in [6.07, 6.45) is 9.51. The van der Waals surface area contributed by atoms with Crippen molar-refractivity contribution >= 4 is 0 Å². The zero-order valence-electron chi connectivity index (χ0n) is 11.0. The zero-order chi connectivity index (χ0) is 11.6. The van der Waals surface area contributed by atoms with Crippen molar-refractivity contribution in [3.8, 4) is 0 Å². The van der Waals surface area contributed by atoms with Gasteiger partial charge in [0.05, 0.1) is 0 Å². The lowest BCUT2D eigenvalue weighted by Gasteiger charge is -2.31. The fourth-order valence-electron chi connectivity index (χ4n) is 2.81. The van der Waals surface area contributed by atoms with Crippen molar-refractivity contribution in [1.82, 2.24) is 4.90 Å². The molecule has 2 nitrogen and oxygen atoms in total. The molecule has 16 heavy (non-hydrogen) atoms. The topological polar surface area (TPSA) is 29.3 Å². The highest BCUT2D eigenvalue weighted by Crippen LogP contribution is 2.35. The Morgan fingerprint density at radius 3 is 2.38 bits per heavy atom. The molecular weight excluding hydrogens is 196 g/mol. The quantitative estimate of drug-likeness (QED) is 0.751. The maximum absolute atomic E-state index is 6.28. The summed E-state index contributed by atoms with van der Waals surface area (Å²) in [5, 5.41) is 0. The number of nitrogens with zero attached hydrogens (tertiary/aromatic N) is 1. The molecule has 2 heteroatoms. The molecule has 94 valence electrons. The Hall–Kier alpha value is -0.0800. The first-order valence-electron chi connectivity index (χ1n) is 7.12. The standard InChI is InChI=1S/C14H28N2/c1-12(2)7-10-16(11-14(15)8-9-14)13-5-3-4-6-13/h12-13H,3-11,15H2,1-2H3. The van der Waals surface area contributed by atoms with Gasteiger partial charge in [-0.15, -0.1) is 0 Å². The van der Waals surface area contributed by atoms with Gasteiger partial charge in [-0.1, -0.05) is 26.7 Å². The molecule has 2 rings (SSSR count). The molecule has 0 aromatic rings. The summed E-state index contributed by atoms with van der Waals surface area (Å²) in [5.41, 5.74) is 6.47. The number of hydrogen-bond donors (Lipinski definition) is 1. The van der Waals surface area contributed by atoms with E-state index in [-0.39, 0.29) is 5.54 Å². The Bertz CT molecular complexity index is 215. The predicted octanol–water partition coefficient (Wildman–Crippen LogP) is 2.77. The maximum atomic E-state index is 6.28. The van der Waals surface area contributed by atoms with Gasteiger partial charge in [-0.3, -0.25) is 4.90 Å². The zero-order valence-corrected chi connectivity index (χ0v) is 11.0. The Balaban J connectivity index is 1.84. The van der Waals surface area contributed by atoms with Gasteiger partial charge in [-0.05, 0) is 44.6 Å². The third-order valence-corrected chi connectivity index (χ3v) is 4.24. The monoisotopic (exact) mass is 224 g/mol. The first kappa shape index (κ1) is 12.4. The lowest BCUT2D eigenvalue weighted by molar-refractivity contribution is 0.172. The SMILES string of the molecule is CC(C)CCN(CC1(N)CC1)C1CCCC1. The van der Waals surface area contributed by atoms with Crippen LogP contribution in [-0.4, -0.2) is 29.6 Å².